The van der Waals surface area contributed by atoms with Crippen molar-refractivity contribution in [3.8, 4) is 17.2 Å². The van der Waals surface area contributed by atoms with Crippen molar-refractivity contribution in [3.63, 3.8) is 0 Å². The van der Waals surface area contributed by atoms with Crippen LogP contribution in [0.4, 0.5) is 11.4 Å². The second kappa shape index (κ2) is 9.17. The molecule has 2 rings (SSSR count). The lowest BCUT2D eigenvalue weighted by molar-refractivity contribution is 0.103. The highest BCUT2D eigenvalue weighted by molar-refractivity contribution is 6.12. The Kier molecular flexibility index (Phi) is 6.93. The molecule has 2 N–H and O–H groups in total. The average Bonchev–Trinajstić information content (AvgIpc) is 2.69. The van der Waals surface area contributed by atoms with Crippen molar-refractivity contribution >= 4 is 23.2 Å². The minimum atomic E-state index is -0.1000. The Labute approximate surface area is 166 Å². The summed E-state index contributed by atoms with van der Waals surface area (Å²) < 4.78 is 16.0. The molecule has 6 heteroatoms. The van der Waals surface area contributed by atoms with E-state index in [0.717, 1.165) is 11.3 Å². The first-order chi connectivity index (χ1) is 13.4. The fourth-order valence-corrected chi connectivity index (χ4v) is 3.00. The SMILES string of the molecule is CCC(=Cc1ccc(N(C)C)c(N)c1)C(=O)c1cc(OC)c(OC)c(OC)c1. The molecule has 0 aliphatic heterocycles. The topological polar surface area (TPSA) is 74.0 Å². The zero-order valence-electron chi connectivity index (χ0n) is 17.3. The minimum absolute atomic E-state index is 0.1000. The number of Topliss-reactive ketones (excluding diaryl/α,β-unsaturated/α-hetero) is 1. The number of hydrogen-bond donors (Lipinski definition) is 1. The number of ether oxygens (including phenoxy) is 3. The summed E-state index contributed by atoms with van der Waals surface area (Å²) in [6, 6.07) is 9.09. The van der Waals surface area contributed by atoms with Crippen molar-refractivity contribution in [2.45, 2.75) is 13.3 Å². The van der Waals surface area contributed by atoms with E-state index in [4.69, 9.17) is 19.9 Å². The fraction of sp³-hybridized carbons (Fsp3) is 0.318. The summed E-state index contributed by atoms with van der Waals surface area (Å²) in [4.78, 5) is 15.1. The van der Waals surface area contributed by atoms with Gasteiger partial charge in [0.15, 0.2) is 17.3 Å². The number of allylic oxidation sites excluding steroid dienone is 1. The van der Waals surface area contributed by atoms with Crippen LogP contribution in [0.15, 0.2) is 35.9 Å². The van der Waals surface area contributed by atoms with Gasteiger partial charge in [-0.2, -0.15) is 0 Å². The molecule has 0 unspecified atom stereocenters. The maximum atomic E-state index is 13.1. The summed E-state index contributed by atoms with van der Waals surface area (Å²) in [5.74, 6) is 1.24. The number of rotatable bonds is 8. The number of carbonyl (C=O) groups is 1. The van der Waals surface area contributed by atoms with Crippen molar-refractivity contribution in [3.05, 3.63) is 47.0 Å². The van der Waals surface area contributed by atoms with Crippen LogP contribution in [0.2, 0.25) is 0 Å². The van der Waals surface area contributed by atoms with Gasteiger partial charge in [0.05, 0.1) is 32.7 Å². The molecule has 0 saturated carbocycles. The molecule has 150 valence electrons. The lowest BCUT2D eigenvalue weighted by atomic mass is 9.98. The first-order valence-electron chi connectivity index (χ1n) is 8.98. The molecule has 0 saturated heterocycles. The van der Waals surface area contributed by atoms with E-state index < -0.39 is 0 Å². The Hall–Kier alpha value is -3.15. The summed E-state index contributed by atoms with van der Waals surface area (Å²) in [7, 11) is 8.45. The van der Waals surface area contributed by atoms with Crippen molar-refractivity contribution < 1.29 is 19.0 Å². The van der Waals surface area contributed by atoms with Crippen molar-refractivity contribution in [1.29, 1.82) is 0 Å². The Morgan fingerprint density at radius 1 is 1.04 bits per heavy atom. The molecule has 2 aromatic carbocycles. The van der Waals surface area contributed by atoms with E-state index >= 15 is 0 Å². The number of methoxy groups -OCH3 is 3. The predicted molar refractivity (Wildman–Crippen MR) is 114 cm³/mol. The molecule has 2 aromatic rings. The lowest BCUT2D eigenvalue weighted by Gasteiger charge is -2.16. The van der Waals surface area contributed by atoms with Crippen LogP contribution in [0, 0.1) is 0 Å². The Balaban J connectivity index is 2.46. The summed E-state index contributed by atoms with van der Waals surface area (Å²) in [5, 5.41) is 0. The number of nitrogens with zero attached hydrogens (tertiary/aromatic N) is 1. The van der Waals surface area contributed by atoms with Gasteiger partial charge in [-0.05, 0) is 42.3 Å². The number of benzene rings is 2. The van der Waals surface area contributed by atoms with Gasteiger partial charge in [0.1, 0.15) is 0 Å². The molecule has 0 amide bonds. The smallest absolute Gasteiger partial charge is 0.203 e. The molecular weight excluding hydrogens is 356 g/mol. The maximum absolute atomic E-state index is 13.1. The van der Waals surface area contributed by atoms with Crippen LogP contribution in [-0.2, 0) is 0 Å². The monoisotopic (exact) mass is 384 g/mol. The molecule has 0 fully saturated rings. The second-order valence-electron chi connectivity index (χ2n) is 6.48. The standard InChI is InChI=1S/C22H28N2O4/c1-7-15(10-14-8-9-18(24(2)3)17(23)11-14)21(25)16-12-19(26-4)22(28-6)20(13-16)27-5/h8-13H,7,23H2,1-6H3. The van der Waals surface area contributed by atoms with Crippen LogP contribution < -0.4 is 24.8 Å². The number of carbonyl (C=O) groups excluding carboxylic acids is 1. The van der Waals surface area contributed by atoms with E-state index in [1.54, 1.807) is 12.1 Å². The highest BCUT2D eigenvalue weighted by Crippen LogP contribution is 2.39. The largest absolute Gasteiger partial charge is 0.493 e. The van der Waals surface area contributed by atoms with Crippen LogP contribution in [0.1, 0.15) is 29.3 Å². The normalized spacial score (nSPS) is 11.1. The van der Waals surface area contributed by atoms with E-state index in [9.17, 15) is 4.79 Å². The van der Waals surface area contributed by atoms with E-state index in [2.05, 4.69) is 0 Å². The summed E-state index contributed by atoms with van der Waals surface area (Å²) >= 11 is 0. The maximum Gasteiger partial charge on any atom is 0.203 e. The fourth-order valence-electron chi connectivity index (χ4n) is 3.00. The number of nitrogens with two attached hydrogens (primary N) is 1. The zero-order valence-corrected chi connectivity index (χ0v) is 17.3. The van der Waals surface area contributed by atoms with E-state index in [1.165, 1.54) is 21.3 Å². The molecule has 0 aliphatic rings. The minimum Gasteiger partial charge on any atom is -0.493 e. The van der Waals surface area contributed by atoms with Gasteiger partial charge in [0, 0.05) is 25.2 Å². The van der Waals surface area contributed by atoms with Crippen molar-refractivity contribution in [2.24, 2.45) is 0 Å². The Bertz CT molecular complexity index is 863. The molecule has 6 nitrogen and oxygen atoms in total. The van der Waals surface area contributed by atoms with E-state index in [1.807, 2.05) is 50.2 Å². The van der Waals surface area contributed by atoms with Gasteiger partial charge in [0.25, 0.3) is 0 Å². The number of anilines is 2. The van der Waals surface area contributed by atoms with Gasteiger partial charge < -0.3 is 24.8 Å². The summed E-state index contributed by atoms with van der Waals surface area (Å²) in [5.41, 5.74) is 9.74. The van der Waals surface area contributed by atoms with Crippen molar-refractivity contribution in [2.75, 3.05) is 46.1 Å². The van der Waals surface area contributed by atoms with Crippen LogP contribution in [0.3, 0.4) is 0 Å². The first kappa shape index (κ1) is 21.2. The number of hydrogen-bond acceptors (Lipinski definition) is 6. The zero-order chi connectivity index (χ0) is 20.8. The number of ketones is 1. The van der Waals surface area contributed by atoms with Gasteiger partial charge >= 0.3 is 0 Å². The van der Waals surface area contributed by atoms with Gasteiger partial charge in [-0.1, -0.05) is 13.0 Å². The molecular formula is C22H28N2O4. The molecule has 0 atom stereocenters. The van der Waals surface area contributed by atoms with Gasteiger partial charge in [0.2, 0.25) is 5.75 Å². The molecule has 0 aliphatic carbocycles. The molecule has 0 aromatic heterocycles. The third-order valence-electron chi connectivity index (χ3n) is 4.47. The molecule has 0 heterocycles. The summed E-state index contributed by atoms with van der Waals surface area (Å²) in [6.45, 7) is 1.94. The predicted octanol–water partition coefficient (Wildman–Crippen LogP) is 4.04. The second-order valence-corrected chi connectivity index (χ2v) is 6.48. The van der Waals surface area contributed by atoms with Crippen molar-refractivity contribution in [1.82, 2.24) is 0 Å². The Morgan fingerprint density at radius 2 is 1.64 bits per heavy atom. The summed E-state index contributed by atoms with van der Waals surface area (Å²) in [6.07, 6.45) is 2.44. The van der Waals surface area contributed by atoms with Gasteiger partial charge in [-0.15, -0.1) is 0 Å². The average molecular weight is 384 g/mol. The van der Waals surface area contributed by atoms with Gasteiger partial charge in [-0.25, -0.2) is 0 Å². The molecule has 0 radical (unpaired) electrons. The quantitative estimate of drug-likeness (QED) is 0.421. The van der Waals surface area contributed by atoms with Crippen LogP contribution in [0.25, 0.3) is 6.08 Å². The highest BCUT2D eigenvalue weighted by atomic mass is 16.5. The first-order valence-corrected chi connectivity index (χ1v) is 8.98. The van der Waals surface area contributed by atoms with Crippen LogP contribution in [-0.4, -0.2) is 41.2 Å². The van der Waals surface area contributed by atoms with E-state index in [0.29, 0.717) is 40.5 Å². The molecule has 0 bridgehead atoms. The Morgan fingerprint density at radius 3 is 2.07 bits per heavy atom. The third kappa shape index (κ3) is 4.39. The lowest BCUT2D eigenvalue weighted by Crippen LogP contribution is -2.11. The van der Waals surface area contributed by atoms with E-state index in [-0.39, 0.29) is 5.78 Å². The molecule has 28 heavy (non-hydrogen) atoms. The van der Waals surface area contributed by atoms with Gasteiger partial charge in [-0.3, -0.25) is 4.79 Å². The van der Waals surface area contributed by atoms with Crippen LogP contribution in [0.5, 0.6) is 17.2 Å². The highest BCUT2D eigenvalue weighted by Gasteiger charge is 2.19. The third-order valence-corrected chi connectivity index (χ3v) is 4.47. The number of nitrogen functional groups attached to an aromatic ring is 1. The molecule has 0 spiro atoms. The van der Waals surface area contributed by atoms with Crippen LogP contribution >= 0.6 is 0 Å².